The maximum atomic E-state index is 12.5. The van der Waals surface area contributed by atoms with E-state index in [2.05, 4.69) is 22.1 Å². The number of anilines is 1. The Bertz CT molecular complexity index is 671. The first-order valence-electron chi connectivity index (χ1n) is 8.00. The van der Waals surface area contributed by atoms with Gasteiger partial charge in [0, 0.05) is 39.4 Å². The van der Waals surface area contributed by atoms with E-state index in [1.54, 1.807) is 0 Å². The van der Waals surface area contributed by atoms with Gasteiger partial charge in [-0.1, -0.05) is 0 Å². The van der Waals surface area contributed by atoms with Crippen LogP contribution in [-0.4, -0.2) is 51.8 Å². The first kappa shape index (κ1) is 15.5. The van der Waals surface area contributed by atoms with Crippen LogP contribution >= 0.6 is 0 Å². The molecule has 3 rings (SSSR count). The lowest BCUT2D eigenvalue weighted by Gasteiger charge is -2.37. The fourth-order valence-electron chi connectivity index (χ4n) is 3.07. The van der Waals surface area contributed by atoms with Gasteiger partial charge in [0.15, 0.2) is 5.82 Å². The third kappa shape index (κ3) is 3.21. The van der Waals surface area contributed by atoms with E-state index in [-0.39, 0.29) is 5.91 Å². The van der Waals surface area contributed by atoms with Gasteiger partial charge in [-0.25, -0.2) is 0 Å². The number of hydrogen-bond donors (Lipinski definition) is 0. The normalized spacial score (nSPS) is 15.7. The van der Waals surface area contributed by atoms with Crippen LogP contribution in [0.15, 0.2) is 30.5 Å². The van der Waals surface area contributed by atoms with E-state index in [1.165, 1.54) is 0 Å². The summed E-state index contributed by atoms with van der Waals surface area (Å²) in [4.78, 5) is 16.7. The predicted molar refractivity (Wildman–Crippen MR) is 89.5 cm³/mol. The summed E-state index contributed by atoms with van der Waals surface area (Å²) >= 11 is 0. The molecule has 0 atom stereocenters. The van der Waals surface area contributed by atoms with Crippen molar-refractivity contribution in [2.45, 2.75) is 25.8 Å². The van der Waals surface area contributed by atoms with Gasteiger partial charge in [-0.15, -0.1) is 5.10 Å². The summed E-state index contributed by atoms with van der Waals surface area (Å²) in [6, 6.07) is 8.16. The number of nitrogens with zero attached hydrogens (tertiary/aromatic N) is 5. The molecule has 1 aliphatic heterocycles. The van der Waals surface area contributed by atoms with Gasteiger partial charge < -0.3 is 14.4 Å². The molecule has 122 valence electrons. The molecular weight excluding hydrogens is 290 g/mol. The Morgan fingerprint density at radius 3 is 2.52 bits per heavy atom. The third-order valence-electron chi connectivity index (χ3n) is 4.61. The highest BCUT2D eigenvalue weighted by molar-refractivity contribution is 5.92. The number of piperidine rings is 1. The Kier molecular flexibility index (Phi) is 4.32. The molecule has 2 aromatic rings. The Morgan fingerprint density at radius 2 is 1.96 bits per heavy atom. The van der Waals surface area contributed by atoms with Crippen molar-refractivity contribution in [3.05, 3.63) is 41.9 Å². The molecule has 0 bridgehead atoms. The van der Waals surface area contributed by atoms with E-state index in [0.717, 1.165) is 43.1 Å². The van der Waals surface area contributed by atoms with Gasteiger partial charge in [-0.3, -0.25) is 4.79 Å². The Labute approximate surface area is 136 Å². The number of likely N-dealkylation sites (tertiary alicyclic amines) is 1. The molecule has 6 nitrogen and oxygen atoms in total. The molecule has 3 heterocycles. The lowest BCUT2D eigenvalue weighted by Crippen LogP contribution is -2.46. The van der Waals surface area contributed by atoms with E-state index in [1.807, 2.05) is 53.9 Å². The van der Waals surface area contributed by atoms with E-state index < -0.39 is 0 Å². The van der Waals surface area contributed by atoms with Crippen molar-refractivity contribution in [2.24, 2.45) is 7.05 Å². The van der Waals surface area contributed by atoms with Crippen molar-refractivity contribution >= 4 is 11.7 Å². The van der Waals surface area contributed by atoms with Gasteiger partial charge in [0.2, 0.25) is 0 Å². The summed E-state index contributed by atoms with van der Waals surface area (Å²) in [6.07, 6.45) is 3.80. The Balaban J connectivity index is 1.61. The second kappa shape index (κ2) is 6.40. The predicted octanol–water partition coefficient (Wildman–Crippen LogP) is 1.86. The molecule has 6 heteroatoms. The van der Waals surface area contributed by atoms with Gasteiger partial charge in [-0.2, -0.15) is 5.10 Å². The van der Waals surface area contributed by atoms with Crippen LogP contribution in [0.5, 0.6) is 0 Å². The first-order valence-corrected chi connectivity index (χ1v) is 8.00. The summed E-state index contributed by atoms with van der Waals surface area (Å²) in [5, 5.41) is 8.37. The minimum Gasteiger partial charge on any atom is -0.355 e. The SMILES string of the molecule is Cc1ccc(N(C)C2CCN(C(=O)c3cccn3C)CC2)nn1. The molecule has 1 fully saturated rings. The third-order valence-corrected chi connectivity index (χ3v) is 4.61. The summed E-state index contributed by atoms with van der Waals surface area (Å²) < 4.78 is 1.88. The topological polar surface area (TPSA) is 54.3 Å². The van der Waals surface area contributed by atoms with Crippen LogP contribution < -0.4 is 4.90 Å². The highest BCUT2D eigenvalue weighted by Gasteiger charge is 2.27. The van der Waals surface area contributed by atoms with Gasteiger partial charge in [0.1, 0.15) is 5.69 Å². The van der Waals surface area contributed by atoms with Crippen LogP contribution in [0.25, 0.3) is 0 Å². The zero-order valence-electron chi connectivity index (χ0n) is 13.9. The lowest BCUT2D eigenvalue weighted by atomic mass is 10.0. The molecule has 0 radical (unpaired) electrons. The average Bonchev–Trinajstić information content (AvgIpc) is 3.00. The van der Waals surface area contributed by atoms with Gasteiger partial charge in [0.05, 0.1) is 5.69 Å². The molecule has 0 N–H and O–H groups in total. The van der Waals surface area contributed by atoms with Crippen molar-refractivity contribution in [3.63, 3.8) is 0 Å². The van der Waals surface area contributed by atoms with Crippen LogP contribution in [0.1, 0.15) is 29.0 Å². The zero-order valence-corrected chi connectivity index (χ0v) is 13.9. The second-order valence-electron chi connectivity index (χ2n) is 6.17. The number of aromatic nitrogens is 3. The van der Waals surface area contributed by atoms with E-state index >= 15 is 0 Å². The maximum absolute atomic E-state index is 12.5. The smallest absolute Gasteiger partial charge is 0.270 e. The standard InChI is InChI=1S/C17H23N5O/c1-13-6-7-16(19-18-13)21(3)14-8-11-22(12-9-14)17(23)15-5-4-10-20(15)2/h4-7,10,14H,8-9,11-12H2,1-3H3. The van der Waals surface area contributed by atoms with Gasteiger partial charge in [0.25, 0.3) is 5.91 Å². The van der Waals surface area contributed by atoms with Crippen LogP contribution in [-0.2, 0) is 7.05 Å². The van der Waals surface area contributed by atoms with Gasteiger partial charge >= 0.3 is 0 Å². The molecule has 0 aliphatic carbocycles. The van der Waals surface area contributed by atoms with E-state index in [9.17, 15) is 4.79 Å². The van der Waals surface area contributed by atoms with Crippen molar-refractivity contribution in [2.75, 3.05) is 25.0 Å². The Hall–Kier alpha value is -2.37. The fourth-order valence-corrected chi connectivity index (χ4v) is 3.07. The van der Waals surface area contributed by atoms with Crippen molar-refractivity contribution in [1.29, 1.82) is 0 Å². The van der Waals surface area contributed by atoms with Crippen molar-refractivity contribution in [1.82, 2.24) is 19.7 Å². The largest absolute Gasteiger partial charge is 0.355 e. The number of hydrogen-bond acceptors (Lipinski definition) is 4. The molecule has 23 heavy (non-hydrogen) atoms. The summed E-state index contributed by atoms with van der Waals surface area (Å²) in [7, 11) is 3.96. The molecular formula is C17H23N5O. The molecule has 2 aromatic heterocycles. The maximum Gasteiger partial charge on any atom is 0.270 e. The van der Waals surface area contributed by atoms with Gasteiger partial charge in [-0.05, 0) is 44.0 Å². The molecule has 0 unspecified atom stereocenters. The number of amides is 1. The average molecular weight is 313 g/mol. The van der Waals surface area contributed by atoms with Crippen molar-refractivity contribution < 1.29 is 4.79 Å². The highest BCUT2D eigenvalue weighted by Crippen LogP contribution is 2.21. The zero-order chi connectivity index (χ0) is 16.4. The molecule has 0 spiro atoms. The number of carbonyl (C=O) groups is 1. The minimum atomic E-state index is 0.119. The number of carbonyl (C=O) groups excluding carboxylic acids is 1. The fraction of sp³-hybridized carbons (Fsp3) is 0.471. The monoisotopic (exact) mass is 313 g/mol. The van der Waals surface area contributed by atoms with Crippen LogP contribution in [0.3, 0.4) is 0 Å². The number of rotatable bonds is 3. The quantitative estimate of drug-likeness (QED) is 0.868. The molecule has 1 amide bonds. The van der Waals surface area contributed by atoms with Crippen LogP contribution in [0.4, 0.5) is 5.82 Å². The Morgan fingerprint density at radius 1 is 1.22 bits per heavy atom. The van der Waals surface area contributed by atoms with Crippen LogP contribution in [0, 0.1) is 6.92 Å². The molecule has 0 aromatic carbocycles. The van der Waals surface area contributed by atoms with E-state index in [0.29, 0.717) is 6.04 Å². The number of aryl methyl sites for hydroxylation is 2. The first-order chi connectivity index (χ1) is 11.1. The van der Waals surface area contributed by atoms with E-state index in [4.69, 9.17) is 0 Å². The molecule has 1 saturated heterocycles. The molecule has 0 saturated carbocycles. The molecule has 1 aliphatic rings. The second-order valence-corrected chi connectivity index (χ2v) is 6.17. The van der Waals surface area contributed by atoms with Crippen molar-refractivity contribution in [3.8, 4) is 0 Å². The minimum absolute atomic E-state index is 0.119. The summed E-state index contributed by atoms with van der Waals surface area (Å²) in [5.74, 6) is 1.01. The highest BCUT2D eigenvalue weighted by atomic mass is 16.2. The summed E-state index contributed by atoms with van der Waals surface area (Å²) in [5.41, 5.74) is 1.67. The lowest BCUT2D eigenvalue weighted by molar-refractivity contribution is 0.0703. The summed E-state index contributed by atoms with van der Waals surface area (Å²) in [6.45, 7) is 3.49. The van der Waals surface area contributed by atoms with Crippen LogP contribution in [0.2, 0.25) is 0 Å².